The molecule has 0 saturated carbocycles. The lowest BCUT2D eigenvalue weighted by atomic mass is 9.98. The Balaban J connectivity index is 1.30. The van der Waals surface area contributed by atoms with Crippen LogP contribution in [0, 0.1) is 37.0 Å². The van der Waals surface area contributed by atoms with Crippen LogP contribution in [0.3, 0.4) is 0 Å². The predicted octanol–water partition coefficient (Wildman–Crippen LogP) is 14.7. The Bertz CT molecular complexity index is 4140. The van der Waals surface area contributed by atoms with Gasteiger partial charge < -0.3 is 38.9 Å². The second-order valence-corrected chi connectivity index (χ2v) is 18.5. The lowest BCUT2D eigenvalue weighted by Crippen LogP contribution is -2.12. The first-order valence-corrected chi connectivity index (χ1v) is 25.0. The number of aliphatic carboxylic acids is 1. The average molecular weight is 1020 g/mol. The van der Waals surface area contributed by atoms with Gasteiger partial charge in [0.25, 0.3) is 0 Å². The van der Waals surface area contributed by atoms with Crippen LogP contribution in [-0.2, 0) is 4.79 Å². The van der Waals surface area contributed by atoms with Gasteiger partial charge in [-0.05, 0) is 139 Å². The van der Waals surface area contributed by atoms with Crippen LogP contribution in [-0.4, -0.2) is 59.5 Å². The van der Waals surface area contributed by atoms with Gasteiger partial charge in [0, 0.05) is 39.1 Å². The minimum Gasteiger partial charge on any atom is -0.496 e. The first-order chi connectivity index (χ1) is 38.1. The molecular formula is C66H50N6O6. The molecule has 0 radical (unpaired) electrons. The van der Waals surface area contributed by atoms with Crippen molar-refractivity contribution in [3.63, 3.8) is 0 Å². The fraction of sp³-hybridized carbons (Fsp3) is 0.0909. The van der Waals surface area contributed by atoms with Gasteiger partial charge in [0.15, 0.2) is 0 Å². The molecule has 78 heavy (non-hydrogen) atoms. The number of hydrogen-bond acceptors (Lipinski definition) is 9. The minimum absolute atomic E-state index is 0.376. The molecule has 9 aromatic rings. The van der Waals surface area contributed by atoms with Crippen LogP contribution in [0.15, 0.2) is 151 Å². The summed E-state index contributed by atoms with van der Waals surface area (Å²) in [5, 5.41) is 20.9. The second kappa shape index (κ2) is 21.0. The van der Waals surface area contributed by atoms with Gasteiger partial charge in [-0.3, -0.25) is 0 Å². The number of nitrogens with one attached hydrogen (secondary N) is 2. The van der Waals surface area contributed by atoms with Crippen LogP contribution in [0.25, 0.3) is 85.5 Å². The number of anilines is 3. The van der Waals surface area contributed by atoms with Gasteiger partial charge in [0.05, 0.1) is 84.6 Å². The van der Waals surface area contributed by atoms with E-state index in [1.807, 2.05) is 109 Å². The maximum atomic E-state index is 11.9. The highest BCUT2D eigenvalue weighted by atomic mass is 16.5. The van der Waals surface area contributed by atoms with Gasteiger partial charge >= 0.3 is 5.97 Å². The third-order valence-corrected chi connectivity index (χ3v) is 13.8. The van der Waals surface area contributed by atoms with E-state index in [1.54, 1.807) is 40.6 Å². The van der Waals surface area contributed by atoms with Gasteiger partial charge in [0.2, 0.25) is 0 Å². The van der Waals surface area contributed by atoms with E-state index >= 15 is 0 Å². The zero-order valence-electron chi connectivity index (χ0n) is 43.5. The largest absolute Gasteiger partial charge is 0.496 e. The van der Waals surface area contributed by atoms with E-state index < -0.39 is 5.97 Å². The Morgan fingerprint density at radius 2 is 1.00 bits per heavy atom. The molecule has 0 saturated heterocycles. The number of H-pyrrole nitrogens is 2. The van der Waals surface area contributed by atoms with Crippen LogP contribution >= 0.6 is 0 Å². The highest BCUT2D eigenvalue weighted by molar-refractivity contribution is 6.04. The number of benzene rings is 6. The molecule has 6 aromatic carbocycles. The number of rotatable bonds is 11. The Hall–Kier alpha value is -10.6. The number of carbonyl (C=O) groups is 1. The van der Waals surface area contributed by atoms with Gasteiger partial charge in [-0.15, -0.1) is 0 Å². The zero-order chi connectivity index (χ0) is 54.0. The summed E-state index contributed by atoms with van der Waals surface area (Å²) in [6, 6.07) is 49.4. The lowest BCUT2D eigenvalue weighted by molar-refractivity contribution is -0.132. The third kappa shape index (κ3) is 9.14. The van der Waals surface area contributed by atoms with Gasteiger partial charge in [0.1, 0.15) is 34.6 Å². The molecule has 0 aliphatic carbocycles. The molecule has 2 aliphatic rings. The van der Waals surface area contributed by atoms with Crippen molar-refractivity contribution >= 4 is 86.3 Å². The van der Waals surface area contributed by atoms with E-state index in [-0.39, 0.29) is 5.57 Å². The molecule has 380 valence electrons. The van der Waals surface area contributed by atoms with Gasteiger partial charge in [-0.1, -0.05) is 89.7 Å². The van der Waals surface area contributed by atoms with Gasteiger partial charge in [-0.2, -0.15) is 5.26 Å². The fourth-order valence-corrected chi connectivity index (χ4v) is 10.1. The molecule has 0 unspecified atom stereocenters. The molecule has 3 aromatic heterocycles. The van der Waals surface area contributed by atoms with Gasteiger partial charge in [-0.25, -0.2) is 14.8 Å². The van der Waals surface area contributed by atoms with Crippen molar-refractivity contribution in [2.45, 2.75) is 13.8 Å². The maximum Gasteiger partial charge on any atom is 0.346 e. The quantitative estimate of drug-likeness (QED) is 0.0647. The van der Waals surface area contributed by atoms with E-state index in [4.69, 9.17) is 28.9 Å². The third-order valence-electron chi connectivity index (χ3n) is 13.8. The van der Waals surface area contributed by atoms with Crippen molar-refractivity contribution in [1.82, 2.24) is 19.9 Å². The van der Waals surface area contributed by atoms with E-state index in [0.717, 1.165) is 50.0 Å². The molecule has 0 fully saturated rings. The monoisotopic (exact) mass is 1020 g/mol. The molecule has 12 nitrogen and oxygen atoms in total. The fourth-order valence-electron chi connectivity index (χ4n) is 10.1. The summed E-state index contributed by atoms with van der Waals surface area (Å²) < 4.78 is 24.5. The maximum absolute atomic E-state index is 11.9. The Morgan fingerprint density at radius 1 is 0.526 bits per heavy atom. The van der Waals surface area contributed by atoms with Crippen molar-refractivity contribution in [3.8, 4) is 63.2 Å². The predicted molar refractivity (Wildman–Crippen MR) is 311 cm³/mol. The molecule has 0 atom stereocenters. The van der Waals surface area contributed by atoms with Crippen molar-refractivity contribution in [1.29, 1.82) is 5.26 Å². The molecule has 0 amide bonds. The number of nitriles is 1. The number of aryl methyl sites for hydroxylation is 2. The van der Waals surface area contributed by atoms with Crippen LogP contribution < -0.4 is 23.8 Å². The van der Waals surface area contributed by atoms with Crippen molar-refractivity contribution in [2.75, 3.05) is 33.3 Å². The molecule has 8 bridgehead atoms. The summed E-state index contributed by atoms with van der Waals surface area (Å²) in [7, 11) is 6.56. The number of carboxylic acid groups (broad SMARTS) is 1. The number of aromatic amines is 2. The van der Waals surface area contributed by atoms with E-state index in [2.05, 4.69) is 95.2 Å². The van der Waals surface area contributed by atoms with E-state index in [1.165, 1.54) is 6.08 Å². The molecule has 5 heterocycles. The Labute approximate surface area is 450 Å². The summed E-state index contributed by atoms with van der Waals surface area (Å²) in [4.78, 5) is 32.8. The number of carboxylic acids is 1. The average Bonchev–Trinajstić information content (AvgIpc) is 4.44. The van der Waals surface area contributed by atoms with Crippen molar-refractivity contribution in [3.05, 3.63) is 202 Å². The number of fused-ring (bicyclic) bond motifs is 9. The number of methoxy groups -OCH3 is 4. The Morgan fingerprint density at radius 3 is 1.53 bits per heavy atom. The number of aromatic nitrogens is 4. The molecule has 12 heteroatoms. The lowest BCUT2D eigenvalue weighted by Gasteiger charge is -2.26. The minimum atomic E-state index is -1.31. The summed E-state index contributed by atoms with van der Waals surface area (Å²) in [5.74, 6) is 8.01. The normalized spacial score (nSPS) is 11.7. The molecule has 2 aliphatic heterocycles. The standard InChI is InChI=1S/C66H50N6O6/c1-39-17-24-44(25-18-39)72(45-26-19-40(2)20-27-45)65-55-35-33-53(70-55)61(63-57(75-3)13-9-14-58(63)76-4)51-31-29-49(68-51)48(28-23-41-21-22-42(37-43(38-67)66(73)74)47-12-8-7-11-46(41)47)50-30-32-52(69-50)62(54-34-36-56(65)71-54)64-59(77-5)15-10-16-60(64)78-6/h7-22,24-27,29-37,68,71H,1-6H3,(H,73,74)/b43-37+,49-48?,50-48?,61-51?,61-53?,62-52?,62-54?,65-55?,65-56?. The summed E-state index contributed by atoms with van der Waals surface area (Å²) in [5.41, 5.74) is 14.5. The van der Waals surface area contributed by atoms with Crippen LogP contribution in [0.2, 0.25) is 0 Å². The summed E-state index contributed by atoms with van der Waals surface area (Å²) in [6.45, 7) is 4.16. The molecule has 3 N–H and O–H groups in total. The number of hydrogen-bond donors (Lipinski definition) is 3. The summed E-state index contributed by atoms with van der Waals surface area (Å²) in [6.07, 6.45) is 9.37. The van der Waals surface area contributed by atoms with Crippen LogP contribution in [0.5, 0.6) is 23.0 Å². The highest BCUT2D eigenvalue weighted by Gasteiger charge is 2.26. The van der Waals surface area contributed by atoms with E-state index in [0.29, 0.717) is 95.8 Å². The zero-order valence-corrected chi connectivity index (χ0v) is 43.5. The highest BCUT2D eigenvalue weighted by Crippen LogP contribution is 2.47. The van der Waals surface area contributed by atoms with E-state index in [9.17, 15) is 15.2 Å². The summed E-state index contributed by atoms with van der Waals surface area (Å²) >= 11 is 0. The van der Waals surface area contributed by atoms with Crippen LogP contribution in [0.4, 0.5) is 17.1 Å². The topological polar surface area (TPSA) is 159 Å². The molecule has 0 spiro atoms. The molecular weight excluding hydrogens is 973 g/mol. The smallest absolute Gasteiger partial charge is 0.346 e. The first kappa shape index (κ1) is 49.6. The number of ether oxygens (including phenoxy) is 4. The first-order valence-electron chi connectivity index (χ1n) is 25.0. The Kier molecular flexibility index (Phi) is 13.4. The SMILES string of the molecule is COc1cccc(OC)c1-c1c2nc(c(N(c3ccc(C)cc3)c3ccc(C)cc3)c3ccc([nH]3)c(-c3c(OC)cccc3OC)c3nc(c(C#Cc4ccc(/C=C(\C#N)C(=O)O)c5ccccc45)c4ccc1[nH]4)C=C3)C=C2. The van der Waals surface area contributed by atoms with Crippen molar-refractivity contribution in [2.24, 2.45) is 0 Å². The second-order valence-electron chi connectivity index (χ2n) is 18.5. The number of nitrogens with zero attached hydrogens (tertiary/aromatic N) is 4. The van der Waals surface area contributed by atoms with Crippen LogP contribution in [0.1, 0.15) is 50.6 Å². The molecule has 11 rings (SSSR count). The van der Waals surface area contributed by atoms with Crippen molar-refractivity contribution < 1.29 is 28.8 Å².